The molecule has 4 N–H and O–H groups in total. The number of rotatable bonds is 7. The van der Waals surface area contributed by atoms with E-state index in [1.54, 1.807) is 22.6 Å². The van der Waals surface area contributed by atoms with Crippen LogP contribution in [0.4, 0.5) is 5.69 Å². The van der Waals surface area contributed by atoms with Gasteiger partial charge in [-0.2, -0.15) is 0 Å². The summed E-state index contributed by atoms with van der Waals surface area (Å²) in [7, 11) is 1.36. The number of aliphatic hydroxyl groups is 1. The fourth-order valence-electron chi connectivity index (χ4n) is 1.80. The number of carboxylic acid groups (broad SMARTS) is 1. The van der Waals surface area contributed by atoms with Crippen molar-refractivity contribution in [1.82, 2.24) is 5.32 Å². The number of amides is 2. The van der Waals surface area contributed by atoms with E-state index in [2.05, 4.69) is 10.6 Å². The van der Waals surface area contributed by atoms with Crippen molar-refractivity contribution < 1.29 is 29.3 Å². The molecule has 0 aliphatic heterocycles. The maximum Gasteiger partial charge on any atom is 0.337 e. The number of hydrogen-bond donors (Lipinski definition) is 4. The van der Waals surface area contributed by atoms with Crippen LogP contribution in [-0.2, 0) is 9.53 Å². The molecule has 2 amide bonds. The van der Waals surface area contributed by atoms with Crippen molar-refractivity contribution in [3.8, 4) is 0 Å². The zero-order valence-electron chi connectivity index (χ0n) is 13.2. The Labute approximate surface area is 184 Å². The molecule has 0 bridgehead atoms. The van der Waals surface area contributed by atoms with E-state index in [4.69, 9.17) is 4.74 Å². The predicted molar refractivity (Wildman–Crippen MR) is 116 cm³/mol. The van der Waals surface area contributed by atoms with E-state index in [1.165, 1.54) is 14.0 Å². The molecule has 8 nitrogen and oxygen atoms in total. The van der Waals surface area contributed by atoms with E-state index >= 15 is 0 Å². The minimum absolute atomic E-state index is 0.0186. The van der Waals surface area contributed by atoms with Crippen molar-refractivity contribution in [2.24, 2.45) is 0 Å². The second kappa shape index (κ2) is 10.2. The lowest BCUT2D eigenvalue weighted by Crippen LogP contribution is -2.32. The average molecular weight is 688 g/mol. The molecule has 0 fully saturated rings. The number of carbonyl (C=O) groups is 3. The molecule has 25 heavy (non-hydrogen) atoms. The van der Waals surface area contributed by atoms with Crippen LogP contribution in [0.1, 0.15) is 27.6 Å². The molecule has 1 rings (SSSR count). The molecule has 138 valence electrons. The molecule has 0 spiro atoms. The van der Waals surface area contributed by atoms with Crippen LogP contribution >= 0.6 is 67.8 Å². The second-order valence-electron chi connectivity index (χ2n) is 4.91. The van der Waals surface area contributed by atoms with Gasteiger partial charge in [-0.15, -0.1) is 0 Å². The van der Waals surface area contributed by atoms with Crippen LogP contribution in [-0.4, -0.2) is 54.4 Å². The van der Waals surface area contributed by atoms with Gasteiger partial charge in [-0.25, -0.2) is 4.79 Å². The molecule has 0 saturated carbocycles. The van der Waals surface area contributed by atoms with Crippen molar-refractivity contribution in [1.29, 1.82) is 0 Å². The van der Waals surface area contributed by atoms with E-state index in [1.807, 2.05) is 45.2 Å². The normalized spacial score (nSPS) is 11.8. The van der Waals surface area contributed by atoms with Gasteiger partial charge in [-0.05, 0) is 74.7 Å². The molecule has 0 saturated heterocycles. The quantitative estimate of drug-likeness (QED) is 0.325. The van der Waals surface area contributed by atoms with E-state index in [-0.39, 0.29) is 33.5 Å². The Kier molecular flexibility index (Phi) is 9.27. The number of nitrogens with one attached hydrogen (secondary N) is 2. The molecule has 11 heteroatoms. The van der Waals surface area contributed by atoms with Crippen molar-refractivity contribution in [3.63, 3.8) is 0 Å². The van der Waals surface area contributed by atoms with Gasteiger partial charge in [0.1, 0.15) is 6.61 Å². The van der Waals surface area contributed by atoms with Crippen molar-refractivity contribution >= 4 is 91.2 Å². The first-order valence-electron chi connectivity index (χ1n) is 6.80. The number of benzene rings is 1. The number of carboxylic acids is 1. The van der Waals surface area contributed by atoms with E-state index < -0.39 is 23.9 Å². The Bertz CT molecular complexity index is 709. The first kappa shape index (κ1) is 22.8. The Morgan fingerprint density at radius 3 is 2.16 bits per heavy atom. The molecular formula is C14H15I3N2O6. The maximum absolute atomic E-state index is 12.5. The Hall–Kier alpha value is -0.260. The zero-order chi connectivity index (χ0) is 19.3. The largest absolute Gasteiger partial charge is 0.478 e. The van der Waals surface area contributed by atoms with Crippen molar-refractivity contribution in [2.45, 2.75) is 13.0 Å². The highest BCUT2D eigenvalue weighted by atomic mass is 127. The summed E-state index contributed by atoms with van der Waals surface area (Å²) in [5, 5.41) is 24.0. The van der Waals surface area contributed by atoms with Crippen molar-refractivity contribution in [3.05, 3.63) is 21.8 Å². The summed E-state index contributed by atoms with van der Waals surface area (Å²) in [5.74, 6) is -2.21. The van der Waals surface area contributed by atoms with Gasteiger partial charge in [-0.1, -0.05) is 0 Å². The molecule has 1 unspecified atom stereocenters. The highest BCUT2D eigenvalue weighted by molar-refractivity contribution is 14.1. The van der Waals surface area contributed by atoms with Crippen LogP contribution in [0.15, 0.2) is 0 Å². The van der Waals surface area contributed by atoms with Gasteiger partial charge < -0.3 is 25.6 Å². The van der Waals surface area contributed by atoms with Gasteiger partial charge in [-0.3, -0.25) is 9.59 Å². The molecule has 1 atom stereocenters. The minimum atomic E-state index is -1.21. The van der Waals surface area contributed by atoms with Gasteiger partial charge in [0.25, 0.3) is 5.91 Å². The molecule has 0 heterocycles. The van der Waals surface area contributed by atoms with Crippen LogP contribution < -0.4 is 10.6 Å². The fraction of sp³-hybridized carbons (Fsp3) is 0.357. The molecule has 0 aliphatic carbocycles. The highest BCUT2D eigenvalue weighted by Gasteiger charge is 2.28. The third-order valence-corrected chi connectivity index (χ3v) is 6.09. The number of aromatic carboxylic acids is 1. The standard InChI is InChI=1S/C14H15I3N2O6/c1-5(20)3-18-13(22)7-9(15)8(14(23)24)11(17)12(10(7)16)19-6(21)4-25-2/h5,20H,3-4H2,1-2H3,(H,18,22)(H,19,21)(H,23,24). The van der Waals surface area contributed by atoms with Gasteiger partial charge >= 0.3 is 5.97 Å². The molecular weight excluding hydrogens is 673 g/mol. The first-order valence-corrected chi connectivity index (χ1v) is 10.0. The van der Waals surface area contributed by atoms with Crippen LogP contribution in [0.2, 0.25) is 0 Å². The molecule has 0 aromatic heterocycles. The summed E-state index contributed by atoms with van der Waals surface area (Å²) in [5.41, 5.74) is 0.298. The molecule has 0 radical (unpaired) electrons. The zero-order valence-corrected chi connectivity index (χ0v) is 19.6. The van der Waals surface area contributed by atoms with Crippen LogP contribution in [0.5, 0.6) is 0 Å². The number of aliphatic hydroxyl groups excluding tert-OH is 1. The monoisotopic (exact) mass is 688 g/mol. The third-order valence-electron chi connectivity index (χ3n) is 2.86. The average Bonchev–Trinajstić information content (AvgIpc) is 2.49. The summed E-state index contributed by atoms with van der Waals surface area (Å²) in [4.78, 5) is 36.0. The second-order valence-corrected chi connectivity index (χ2v) is 8.15. The summed E-state index contributed by atoms with van der Waals surface area (Å²) in [6, 6.07) is 0. The lowest BCUT2D eigenvalue weighted by Gasteiger charge is -2.18. The number of halogens is 3. The van der Waals surface area contributed by atoms with Gasteiger partial charge in [0.05, 0.1) is 30.1 Å². The fourth-order valence-corrected chi connectivity index (χ4v) is 6.18. The summed E-state index contributed by atoms with van der Waals surface area (Å²) < 4.78 is 5.74. The number of ether oxygens (including phenoxy) is 1. The molecule has 1 aromatic rings. The van der Waals surface area contributed by atoms with E-state index in [0.717, 1.165) is 0 Å². The van der Waals surface area contributed by atoms with Crippen molar-refractivity contribution in [2.75, 3.05) is 25.6 Å². The van der Waals surface area contributed by atoms with E-state index in [0.29, 0.717) is 7.14 Å². The van der Waals surface area contributed by atoms with Crippen LogP contribution in [0.3, 0.4) is 0 Å². The third kappa shape index (κ3) is 5.86. The van der Waals surface area contributed by atoms with Gasteiger partial charge in [0.15, 0.2) is 0 Å². The molecule has 0 aliphatic rings. The highest BCUT2D eigenvalue weighted by Crippen LogP contribution is 2.35. The van der Waals surface area contributed by atoms with E-state index in [9.17, 15) is 24.6 Å². The molecule has 1 aromatic carbocycles. The maximum atomic E-state index is 12.5. The first-order chi connectivity index (χ1) is 11.6. The topological polar surface area (TPSA) is 125 Å². The summed E-state index contributed by atoms with van der Waals surface area (Å²) >= 11 is 5.50. The minimum Gasteiger partial charge on any atom is -0.478 e. The number of carbonyl (C=O) groups excluding carboxylic acids is 2. The Balaban J connectivity index is 3.50. The number of methoxy groups -OCH3 is 1. The Morgan fingerprint density at radius 1 is 1.12 bits per heavy atom. The number of hydrogen-bond acceptors (Lipinski definition) is 5. The Morgan fingerprint density at radius 2 is 1.68 bits per heavy atom. The number of anilines is 1. The summed E-state index contributed by atoms with van der Waals surface area (Å²) in [6.07, 6.45) is -0.747. The van der Waals surface area contributed by atoms with Crippen LogP contribution in [0.25, 0.3) is 0 Å². The van der Waals surface area contributed by atoms with Gasteiger partial charge in [0.2, 0.25) is 5.91 Å². The lowest BCUT2D eigenvalue weighted by atomic mass is 10.1. The smallest absolute Gasteiger partial charge is 0.337 e. The lowest BCUT2D eigenvalue weighted by molar-refractivity contribution is -0.119. The van der Waals surface area contributed by atoms with Gasteiger partial charge in [0, 0.05) is 17.2 Å². The predicted octanol–water partition coefficient (Wildman–Crippen LogP) is 1.89. The SMILES string of the molecule is COCC(=O)Nc1c(I)c(C(=O)O)c(I)c(C(=O)NCC(C)O)c1I. The summed E-state index contributed by atoms with van der Waals surface area (Å²) in [6.45, 7) is 1.33. The van der Waals surface area contributed by atoms with Crippen LogP contribution in [0, 0.1) is 10.7 Å².